The van der Waals surface area contributed by atoms with Crippen molar-refractivity contribution in [2.45, 2.75) is 0 Å². The highest BCUT2D eigenvalue weighted by atomic mass is 35.5. The molecule has 0 bridgehead atoms. The maximum atomic E-state index is 13.4. The monoisotopic (exact) mass is 378 g/mol. The lowest BCUT2D eigenvalue weighted by Gasteiger charge is -2.08. The fraction of sp³-hybridized carbons (Fsp3) is 0.0588. The van der Waals surface area contributed by atoms with E-state index in [-0.39, 0.29) is 10.6 Å². The molecule has 0 saturated carbocycles. The first-order chi connectivity index (χ1) is 12.1. The molecule has 1 heterocycles. The number of ether oxygens (including phenoxy) is 1. The molecule has 0 aliphatic heterocycles. The van der Waals surface area contributed by atoms with Crippen LogP contribution in [0.15, 0.2) is 48.5 Å². The van der Waals surface area contributed by atoms with Crippen molar-refractivity contribution in [3.05, 3.63) is 64.2 Å². The summed E-state index contributed by atoms with van der Waals surface area (Å²) in [5.41, 5.74) is 4.47. The fourth-order valence-corrected chi connectivity index (χ4v) is 3.50. The van der Waals surface area contributed by atoms with Crippen LogP contribution in [-0.4, -0.2) is 18.4 Å². The van der Waals surface area contributed by atoms with Crippen molar-refractivity contribution in [1.82, 2.24) is 10.9 Å². The third-order valence-corrected chi connectivity index (χ3v) is 4.93. The van der Waals surface area contributed by atoms with Crippen LogP contribution in [0.4, 0.5) is 4.39 Å². The number of hydrogen-bond donors (Lipinski definition) is 2. The van der Waals surface area contributed by atoms with Crippen LogP contribution in [0.3, 0.4) is 0 Å². The van der Waals surface area contributed by atoms with Crippen molar-refractivity contribution >= 4 is 44.8 Å². The number of hydrogen-bond acceptors (Lipinski definition) is 4. The molecule has 1 aromatic heterocycles. The molecule has 0 radical (unpaired) electrons. The summed E-state index contributed by atoms with van der Waals surface area (Å²) in [7, 11) is 0. The number of benzene rings is 2. The zero-order valence-electron chi connectivity index (χ0n) is 12.7. The first kappa shape index (κ1) is 17.2. The van der Waals surface area contributed by atoms with Gasteiger partial charge < -0.3 is 4.74 Å². The van der Waals surface area contributed by atoms with Gasteiger partial charge in [0.25, 0.3) is 11.8 Å². The lowest BCUT2D eigenvalue weighted by Crippen LogP contribution is -2.43. The fourth-order valence-electron chi connectivity index (χ4n) is 2.08. The van der Waals surface area contributed by atoms with E-state index in [1.807, 2.05) is 24.3 Å². The van der Waals surface area contributed by atoms with Gasteiger partial charge in [0.2, 0.25) is 0 Å². The van der Waals surface area contributed by atoms with Crippen molar-refractivity contribution in [3.8, 4) is 5.75 Å². The Morgan fingerprint density at radius 2 is 1.80 bits per heavy atom. The molecule has 0 aliphatic rings. The summed E-state index contributed by atoms with van der Waals surface area (Å²) >= 11 is 7.42. The Balaban J connectivity index is 1.57. The van der Waals surface area contributed by atoms with Crippen molar-refractivity contribution in [2.24, 2.45) is 0 Å². The van der Waals surface area contributed by atoms with Gasteiger partial charge >= 0.3 is 0 Å². The number of nitrogens with one attached hydrogen (secondary N) is 2. The van der Waals surface area contributed by atoms with Gasteiger partial charge in [-0.25, -0.2) is 4.39 Å². The van der Waals surface area contributed by atoms with Crippen molar-refractivity contribution in [2.75, 3.05) is 6.61 Å². The number of fused-ring (bicyclic) bond motifs is 1. The molecule has 0 saturated heterocycles. The molecule has 3 aromatic rings. The number of thiophene rings is 1. The molecule has 8 heteroatoms. The van der Waals surface area contributed by atoms with Crippen LogP contribution in [0.1, 0.15) is 9.67 Å². The molecule has 3 rings (SSSR count). The van der Waals surface area contributed by atoms with Gasteiger partial charge in [-0.3, -0.25) is 20.4 Å². The van der Waals surface area contributed by atoms with Gasteiger partial charge in [-0.05, 0) is 18.2 Å². The average Bonchev–Trinajstić information content (AvgIpc) is 2.96. The minimum Gasteiger partial charge on any atom is -0.481 e. The second kappa shape index (κ2) is 7.50. The molecular formula is C17H12ClFN2O3S. The first-order valence-corrected chi connectivity index (χ1v) is 8.39. The Morgan fingerprint density at radius 3 is 2.56 bits per heavy atom. The number of rotatable bonds is 4. The number of para-hydroxylation sites is 1. The Hall–Kier alpha value is -2.64. The van der Waals surface area contributed by atoms with Crippen molar-refractivity contribution in [1.29, 1.82) is 0 Å². The minimum absolute atomic E-state index is 0.0449. The minimum atomic E-state index is -0.631. The van der Waals surface area contributed by atoms with Gasteiger partial charge in [0.15, 0.2) is 18.2 Å². The van der Waals surface area contributed by atoms with Gasteiger partial charge in [0, 0.05) is 10.1 Å². The van der Waals surface area contributed by atoms with E-state index in [9.17, 15) is 14.0 Å². The van der Waals surface area contributed by atoms with Gasteiger partial charge in [0.1, 0.15) is 4.88 Å². The smallest absolute Gasteiger partial charge is 0.281 e. The van der Waals surface area contributed by atoms with E-state index in [1.54, 1.807) is 6.07 Å². The summed E-state index contributed by atoms with van der Waals surface area (Å²) in [5.74, 6) is -1.79. The molecule has 5 nitrogen and oxygen atoms in total. The lowest BCUT2D eigenvalue weighted by molar-refractivity contribution is -0.123. The molecule has 2 amide bonds. The zero-order valence-corrected chi connectivity index (χ0v) is 14.3. The maximum absolute atomic E-state index is 13.4. The zero-order chi connectivity index (χ0) is 17.8. The number of carbonyl (C=O) groups is 2. The Morgan fingerprint density at radius 1 is 1.08 bits per heavy atom. The van der Waals surface area contributed by atoms with E-state index in [1.165, 1.54) is 29.5 Å². The van der Waals surface area contributed by atoms with Gasteiger partial charge in [-0.15, -0.1) is 11.3 Å². The third-order valence-electron chi connectivity index (χ3n) is 3.25. The largest absolute Gasteiger partial charge is 0.481 e. The summed E-state index contributed by atoms with van der Waals surface area (Å²) in [4.78, 5) is 24.2. The second-order valence-corrected chi connectivity index (χ2v) is 6.39. The molecule has 2 N–H and O–H groups in total. The van der Waals surface area contributed by atoms with Crippen LogP contribution in [0.2, 0.25) is 5.02 Å². The van der Waals surface area contributed by atoms with Crippen molar-refractivity contribution < 1.29 is 18.7 Å². The van der Waals surface area contributed by atoms with Crippen LogP contribution in [0.25, 0.3) is 10.1 Å². The predicted molar refractivity (Wildman–Crippen MR) is 94.3 cm³/mol. The molecular weight excluding hydrogens is 367 g/mol. The molecule has 128 valence electrons. The van der Waals surface area contributed by atoms with Crippen LogP contribution < -0.4 is 15.6 Å². The summed E-state index contributed by atoms with van der Waals surface area (Å²) in [6.45, 7) is -0.443. The van der Waals surface area contributed by atoms with E-state index in [4.69, 9.17) is 16.3 Å². The summed E-state index contributed by atoms with van der Waals surface area (Å²) in [5, 5.41) is 1.10. The van der Waals surface area contributed by atoms with E-state index in [2.05, 4.69) is 10.9 Å². The quantitative estimate of drug-likeness (QED) is 0.682. The number of carbonyl (C=O) groups excluding carboxylic acids is 2. The van der Waals surface area contributed by atoms with Crippen LogP contribution in [0.5, 0.6) is 5.75 Å². The summed E-state index contributed by atoms with van der Waals surface area (Å²) < 4.78 is 19.3. The molecule has 0 fully saturated rings. The highest BCUT2D eigenvalue weighted by Gasteiger charge is 2.17. The first-order valence-electron chi connectivity index (χ1n) is 7.20. The lowest BCUT2D eigenvalue weighted by atomic mass is 10.2. The van der Waals surface area contributed by atoms with Crippen LogP contribution in [-0.2, 0) is 4.79 Å². The molecule has 0 unspecified atom stereocenters. The predicted octanol–water partition coefficient (Wildman–Crippen LogP) is 3.53. The van der Waals surface area contributed by atoms with E-state index < -0.39 is 24.2 Å². The maximum Gasteiger partial charge on any atom is 0.281 e. The Kier molecular flexibility index (Phi) is 5.16. The summed E-state index contributed by atoms with van der Waals surface area (Å²) in [6.07, 6.45) is 0. The average molecular weight is 379 g/mol. The highest BCUT2D eigenvalue weighted by Crippen LogP contribution is 2.34. The van der Waals surface area contributed by atoms with Gasteiger partial charge in [-0.2, -0.15) is 0 Å². The second-order valence-electron chi connectivity index (χ2n) is 4.96. The van der Waals surface area contributed by atoms with Crippen LogP contribution in [0, 0.1) is 5.82 Å². The third kappa shape index (κ3) is 3.89. The molecule has 25 heavy (non-hydrogen) atoms. The number of amides is 2. The van der Waals surface area contributed by atoms with E-state index >= 15 is 0 Å². The standard InChI is InChI=1S/C17H12ClFN2O3S/c18-15-10-5-1-4-8-13(10)25-16(15)17(23)21-20-14(22)9-24-12-7-3-2-6-11(12)19/h1-8H,9H2,(H,20,22)(H,21,23). The molecule has 0 aliphatic carbocycles. The topological polar surface area (TPSA) is 67.4 Å². The number of hydrazine groups is 1. The Bertz CT molecular complexity index is 945. The van der Waals surface area contributed by atoms with Gasteiger partial charge in [0.05, 0.1) is 5.02 Å². The van der Waals surface area contributed by atoms with E-state index in [0.717, 1.165) is 10.1 Å². The molecule has 0 spiro atoms. The van der Waals surface area contributed by atoms with Crippen LogP contribution >= 0.6 is 22.9 Å². The highest BCUT2D eigenvalue weighted by molar-refractivity contribution is 7.21. The molecule has 0 atom stereocenters. The number of halogens is 2. The summed E-state index contributed by atoms with van der Waals surface area (Å²) in [6, 6.07) is 13.0. The van der Waals surface area contributed by atoms with Gasteiger partial charge in [-0.1, -0.05) is 41.9 Å². The van der Waals surface area contributed by atoms with Crippen molar-refractivity contribution in [3.63, 3.8) is 0 Å². The Labute approximate surface area is 151 Å². The molecule has 2 aromatic carbocycles. The van der Waals surface area contributed by atoms with E-state index in [0.29, 0.717) is 5.02 Å². The normalized spacial score (nSPS) is 10.5. The SMILES string of the molecule is O=C(COc1ccccc1F)NNC(=O)c1sc2ccccc2c1Cl.